The van der Waals surface area contributed by atoms with Gasteiger partial charge in [-0.15, -0.1) is 0 Å². The Balaban J connectivity index is 2.71. The van der Waals surface area contributed by atoms with Crippen molar-refractivity contribution in [1.29, 1.82) is 0 Å². The van der Waals surface area contributed by atoms with E-state index in [2.05, 4.69) is 4.99 Å². The highest BCUT2D eigenvalue weighted by atomic mass is 16.4. The van der Waals surface area contributed by atoms with Gasteiger partial charge in [-0.25, -0.2) is 4.99 Å². The number of nitrogens with zero attached hydrogens (tertiary/aromatic N) is 2. The van der Waals surface area contributed by atoms with E-state index in [9.17, 15) is 4.79 Å². The van der Waals surface area contributed by atoms with E-state index in [-0.39, 0.29) is 6.54 Å². The Morgan fingerprint density at radius 2 is 2.00 bits per heavy atom. The molecule has 0 heterocycles. The van der Waals surface area contributed by atoms with Crippen molar-refractivity contribution in [2.24, 2.45) is 4.99 Å². The minimum absolute atomic E-state index is 0.0395. The van der Waals surface area contributed by atoms with E-state index in [1.54, 1.807) is 18.9 Å². The first kappa shape index (κ1) is 11.2. The normalized spacial score (nSPS) is 11.2. The molecule has 0 fully saturated rings. The van der Waals surface area contributed by atoms with E-state index in [4.69, 9.17) is 5.11 Å². The van der Waals surface area contributed by atoms with Crippen molar-refractivity contribution in [3.63, 3.8) is 0 Å². The number of para-hydroxylation sites is 1. The van der Waals surface area contributed by atoms with Crippen LogP contribution in [0.3, 0.4) is 0 Å². The van der Waals surface area contributed by atoms with Crippen molar-refractivity contribution in [2.45, 2.75) is 6.92 Å². The number of amidine groups is 1. The summed E-state index contributed by atoms with van der Waals surface area (Å²) in [5, 5.41) is 8.60. The maximum atomic E-state index is 10.5. The molecular formula is C11H14N2O2. The first-order valence-corrected chi connectivity index (χ1v) is 4.63. The number of likely N-dealkylation sites (N-methyl/N-ethyl adjacent to an activating group) is 1. The van der Waals surface area contributed by atoms with E-state index < -0.39 is 5.97 Å². The van der Waals surface area contributed by atoms with E-state index in [0.29, 0.717) is 5.84 Å². The Morgan fingerprint density at radius 3 is 2.53 bits per heavy atom. The Morgan fingerprint density at radius 1 is 1.40 bits per heavy atom. The second-order valence-corrected chi connectivity index (χ2v) is 3.24. The standard InChI is InChI=1S/C11H14N2O2/c1-9(13(2)8-11(14)15)12-10-6-4-3-5-7-10/h3-7H,8H2,1-2H3,(H,14,15). The van der Waals surface area contributed by atoms with Gasteiger partial charge in [0.15, 0.2) is 0 Å². The number of hydrogen-bond donors (Lipinski definition) is 1. The summed E-state index contributed by atoms with van der Waals surface area (Å²) in [4.78, 5) is 16.4. The van der Waals surface area contributed by atoms with Crippen molar-refractivity contribution in [3.8, 4) is 0 Å². The van der Waals surface area contributed by atoms with E-state index >= 15 is 0 Å². The van der Waals surface area contributed by atoms with Gasteiger partial charge in [-0.2, -0.15) is 0 Å². The molecule has 1 N–H and O–H groups in total. The molecule has 4 nitrogen and oxygen atoms in total. The van der Waals surface area contributed by atoms with Gasteiger partial charge in [0.25, 0.3) is 0 Å². The average Bonchev–Trinajstić information content (AvgIpc) is 2.18. The second-order valence-electron chi connectivity index (χ2n) is 3.24. The summed E-state index contributed by atoms with van der Waals surface area (Å²) in [5.41, 5.74) is 0.826. The van der Waals surface area contributed by atoms with Crippen LogP contribution in [-0.2, 0) is 4.79 Å². The van der Waals surface area contributed by atoms with Crippen molar-refractivity contribution >= 4 is 17.5 Å². The number of carboxylic acid groups (broad SMARTS) is 1. The summed E-state index contributed by atoms with van der Waals surface area (Å²) in [7, 11) is 1.70. The van der Waals surface area contributed by atoms with Crippen LogP contribution in [0, 0.1) is 0 Å². The molecule has 0 spiro atoms. The molecule has 0 saturated carbocycles. The number of carbonyl (C=O) groups is 1. The molecular weight excluding hydrogens is 192 g/mol. The van der Waals surface area contributed by atoms with E-state index in [1.165, 1.54) is 0 Å². The molecule has 1 aromatic carbocycles. The number of aliphatic imine (C=N–C) groups is 1. The maximum Gasteiger partial charge on any atom is 0.323 e. The fourth-order valence-electron chi connectivity index (χ4n) is 1.09. The number of rotatable bonds is 3. The summed E-state index contributed by atoms with van der Waals surface area (Å²) >= 11 is 0. The van der Waals surface area contributed by atoms with Crippen molar-refractivity contribution in [3.05, 3.63) is 30.3 Å². The topological polar surface area (TPSA) is 52.9 Å². The largest absolute Gasteiger partial charge is 0.480 e. The second kappa shape index (κ2) is 5.14. The molecule has 0 aliphatic heterocycles. The van der Waals surface area contributed by atoms with Crippen molar-refractivity contribution in [1.82, 2.24) is 4.90 Å². The van der Waals surface area contributed by atoms with Gasteiger partial charge in [0.05, 0.1) is 5.69 Å². The summed E-state index contributed by atoms with van der Waals surface area (Å²) in [6, 6.07) is 9.44. The first-order valence-electron chi connectivity index (χ1n) is 4.63. The van der Waals surface area contributed by atoms with E-state index in [0.717, 1.165) is 5.69 Å². The van der Waals surface area contributed by atoms with Crippen molar-refractivity contribution < 1.29 is 9.90 Å². The summed E-state index contributed by atoms with van der Waals surface area (Å²) in [6.07, 6.45) is 0. The molecule has 0 saturated heterocycles. The zero-order valence-corrected chi connectivity index (χ0v) is 8.84. The lowest BCUT2D eigenvalue weighted by molar-refractivity contribution is -0.137. The van der Waals surface area contributed by atoms with Gasteiger partial charge in [-0.3, -0.25) is 4.79 Å². The number of carboxylic acids is 1. The minimum Gasteiger partial charge on any atom is -0.480 e. The number of benzene rings is 1. The van der Waals surface area contributed by atoms with E-state index in [1.807, 2.05) is 30.3 Å². The number of aliphatic carboxylic acids is 1. The van der Waals surface area contributed by atoms with Gasteiger partial charge in [0, 0.05) is 7.05 Å². The molecule has 1 rings (SSSR count). The molecule has 0 atom stereocenters. The van der Waals surface area contributed by atoms with Gasteiger partial charge >= 0.3 is 5.97 Å². The molecule has 0 radical (unpaired) electrons. The fourth-order valence-corrected chi connectivity index (χ4v) is 1.09. The van der Waals surface area contributed by atoms with Crippen LogP contribution in [0.1, 0.15) is 6.92 Å². The average molecular weight is 206 g/mol. The van der Waals surface area contributed by atoms with Gasteiger partial charge in [-0.1, -0.05) is 18.2 Å². The lowest BCUT2D eigenvalue weighted by Gasteiger charge is -2.15. The van der Waals surface area contributed by atoms with Crippen LogP contribution in [0.5, 0.6) is 0 Å². The van der Waals surface area contributed by atoms with Crippen molar-refractivity contribution in [2.75, 3.05) is 13.6 Å². The van der Waals surface area contributed by atoms with Gasteiger partial charge in [-0.05, 0) is 19.1 Å². The Hall–Kier alpha value is -1.84. The van der Waals surface area contributed by atoms with Crippen LogP contribution in [0.4, 0.5) is 5.69 Å². The molecule has 4 heteroatoms. The quantitative estimate of drug-likeness (QED) is 0.605. The van der Waals surface area contributed by atoms with Crippen LogP contribution >= 0.6 is 0 Å². The van der Waals surface area contributed by atoms with Gasteiger partial charge in [0.2, 0.25) is 0 Å². The predicted molar refractivity (Wildman–Crippen MR) is 59.5 cm³/mol. The minimum atomic E-state index is -0.861. The molecule has 0 amide bonds. The van der Waals surface area contributed by atoms with Crippen LogP contribution in [0.15, 0.2) is 35.3 Å². The lowest BCUT2D eigenvalue weighted by atomic mass is 10.3. The molecule has 1 aromatic rings. The highest BCUT2D eigenvalue weighted by Crippen LogP contribution is 2.10. The Labute approximate surface area is 88.9 Å². The molecule has 0 aromatic heterocycles. The number of hydrogen-bond acceptors (Lipinski definition) is 2. The Kier molecular flexibility index (Phi) is 3.85. The molecule has 0 unspecified atom stereocenters. The third-order valence-corrected chi connectivity index (χ3v) is 1.97. The third-order valence-electron chi connectivity index (χ3n) is 1.97. The van der Waals surface area contributed by atoms with Gasteiger partial charge in [0.1, 0.15) is 12.4 Å². The highest BCUT2D eigenvalue weighted by Gasteiger charge is 2.05. The Bertz CT molecular complexity index is 360. The summed E-state index contributed by atoms with van der Waals surface area (Å²) in [6.45, 7) is 1.75. The third kappa shape index (κ3) is 3.81. The summed E-state index contributed by atoms with van der Waals surface area (Å²) < 4.78 is 0. The molecule has 0 bridgehead atoms. The predicted octanol–water partition coefficient (Wildman–Crippen LogP) is 1.75. The fraction of sp³-hybridized carbons (Fsp3) is 0.273. The summed E-state index contributed by atoms with van der Waals surface area (Å²) in [5.74, 6) is -0.177. The maximum absolute atomic E-state index is 10.5. The zero-order valence-electron chi connectivity index (χ0n) is 8.84. The SMILES string of the molecule is CC(=Nc1ccccc1)N(C)CC(=O)O. The smallest absolute Gasteiger partial charge is 0.323 e. The highest BCUT2D eigenvalue weighted by molar-refractivity contribution is 5.85. The lowest BCUT2D eigenvalue weighted by Crippen LogP contribution is -2.29. The monoisotopic (exact) mass is 206 g/mol. The van der Waals surface area contributed by atoms with Crippen LogP contribution in [0.25, 0.3) is 0 Å². The van der Waals surface area contributed by atoms with Crippen LogP contribution < -0.4 is 0 Å². The zero-order chi connectivity index (χ0) is 11.3. The van der Waals surface area contributed by atoms with Crippen LogP contribution in [0.2, 0.25) is 0 Å². The molecule has 0 aliphatic carbocycles. The molecule has 15 heavy (non-hydrogen) atoms. The molecule has 0 aliphatic rings. The first-order chi connectivity index (χ1) is 7.09. The van der Waals surface area contributed by atoms with Gasteiger partial charge < -0.3 is 10.0 Å². The van der Waals surface area contributed by atoms with Crippen LogP contribution in [-0.4, -0.2) is 35.4 Å². The molecule has 80 valence electrons.